The number of ether oxygens (including phenoxy) is 1. The fraction of sp³-hybridized carbons (Fsp3) is 0.375. The van der Waals surface area contributed by atoms with Crippen LogP contribution in [0.25, 0.3) is 0 Å². The zero-order valence-electron chi connectivity index (χ0n) is 12.8. The van der Waals surface area contributed by atoms with Crippen LogP contribution in [0.3, 0.4) is 0 Å². The Bertz CT molecular complexity index is 556. The van der Waals surface area contributed by atoms with Crippen LogP contribution in [0.4, 0.5) is 11.5 Å². The van der Waals surface area contributed by atoms with Gasteiger partial charge in [0.15, 0.2) is 5.82 Å². The van der Waals surface area contributed by atoms with Crippen molar-refractivity contribution < 1.29 is 4.74 Å². The Kier molecular flexibility index (Phi) is 5.51. The number of rotatable bonds is 7. The summed E-state index contributed by atoms with van der Waals surface area (Å²) < 4.78 is 5.17. The molecule has 5 heteroatoms. The molecular formula is C16H22N4O. The van der Waals surface area contributed by atoms with Crippen molar-refractivity contribution in [3.05, 3.63) is 42.4 Å². The topological polar surface area (TPSA) is 50.3 Å². The van der Waals surface area contributed by atoms with Gasteiger partial charge in [-0.3, -0.25) is 4.98 Å². The van der Waals surface area contributed by atoms with Crippen LogP contribution >= 0.6 is 0 Å². The van der Waals surface area contributed by atoms with Gasteiger partial charge in [-0.05, 0) is 37.2 Å². The molecule has 0 amide bonds. The molecule has 5 nitrogen and oxygen atoms in total. The molecule has 1 N–H and O–H groups in total. The highest BCUT2D eigenvalue weighted by molar-refractivity contribution is 5.59. The predicted octanol–water partition coefficient (Wildman–Crippen LogP) is 2.75. The van der Waals surface area contributed by atoms with E-state index < -0.39 is 0 Å². The van der Waals surface area contributed by atoms with E-state index >= 15 is 0 Å². The van der Waals surface area contributed by atoms with Crippen molar-refractivity contribution >= 4 is 11.5 Å². The molecule has 0 saturated carbocycles. The number of methoxy groups -OCH3 is 1. The summed E-state index contributed by atoms with van der Waals surface area (Å²) in [6.07, 6.45) is 4.68. The largest absolute Gasteiger partial charge is 0.497 e. The van der Waals surface area contributed by atoms with Gasteiger partial charge in [0.2, 0.25) is 0 Å². The molecule has 0 unspecified atom stereocenters. The lowest BCUT2D eigenvalue weighted by Crippen LogP contribution is -2.17. The second kappa shape index (κ2) is 7.59. The summed E-state index contributed by atoms with van der Waals surface area (Å²) in [6.45, 7) is 3.87. The summed E-state index contributed by atoms with van der Waals surface area (Å²) in [5, 5.41) is 3.33. The molecule has 21 heavy (non-hydrogen) atoms. The van der Waals surface area contributed by atoms with E-state index in [1.54, 1.807) is 19.5 Å². The molecule has 0 saturated heterocycles. The molecule has 2 aromatic rings. The van der Waals surface area contributed by atoms with E-state index in [2.05, 4.69) is 22.2 Å². The highest BCUT2D eigenvalue weighted by Gasteiger charge is 2.07. The Hall–Kier alpha value is -2.14. The number of hydrogen-bond donors (Lipinski definition) is 1. The maximum Gasteiger partial charge on any atom is 0.151 e. The molecule has 0 atom stereocenters. The van der Waals surface area contributed by atoms with Gasteiger partial charge >= 0.3 is 0 Å². The Labute approximate surface area is 126 Å². The molecule has 2 rings (SSSR count). The Balaban J connectivity index is 2.10. The predicted molar refractivity (Wildman–Crippen MR) is 85.1 cm³/mol. The van der Waals surface area contributed by atoms with E-state index in [1.807, 2.05) is 36.2 Å². The minimum atomic E-state index is 0.741. The van der Waals surface area contributed by atoms with Gasteiger partial charge in [0.25, 0.3) is 0 Å². The van der Waals surface area contributed by atoms with E-state index in [4.69, 9.17) is 4.74 Å². The van der Waals surface area contributed by atoms with Crippen molar-refractivity contribution in [2.45, 2.75) is 19.9 Å². The summed E-state index contributed by atoms with van der Waals surface area (Å²) in [6, 6.07) is 7.88. The molecule has 0 radical (unpaired) electrons. The molecule has 112 valence electrons. The quantitative estimate of drug-likeness (QED) is 0.793. The highest BCUT2D eigenvalue weighted by atomic mass is 16.5. The third-order valence-corrected chi connectivity index (χ3v) is 3.21. The van der Waals surface area contributed by atoms with Crippen molar-refractivity contribution in [3.8, 4) is 5.75 Å². The molecule has 0 fully saturated rings. The molecule has 0 aliphatic carbocycles. The van der Waals surface area contributed by atoms with E-state index in [9.17, 15) is 0 Å². The summed E-state index contributed by atoms with van der Waals surface area (Å²) in [5.74, 6) is 1.67. The molecule has 0 aliphatic heterocycles. The fourth-order valence-corrected chi connectivity index (χ4v) is 1.97. The van der Waals surface area contributed by atoms with Crippen LogP contribution in [0.1, 0.15) is 19.0 Å². The van der Waals surface area contributed by atoms with Crippen molar-refractivity contribution in [2.75, 3.05) is 25.6 Å². The molecule has 1 heterocycles. The van der Waals surface area contributed by atoms with Gasteiger partial charge in [-0.25, -0.2) is 4.98 Å². The van der Waals surface area contributed by atoms with Crippen LogP contribution in [0.5, 0.6) is 5.75 Å². The van der Waals surface area contributed by atoms with Crippen LogP contribution < -0.4 is 15.0 Å². The molecule has 1 aromatic heterocycles. The maximum atomic E-state index is 5.17. The van der Waals surface area contributed by atoms with E-state index in [1.165, 1.54) is 0 Å². The standard InChI is InChI=1S/C16H22N4O/c1-4-9-17-10-13-11-18-12-16(19-13)20(2)14-5-7-15(21-3)8-6-14/h5-8,11-12,17H,4,9-10H2,1-3H3. The number of hydrogen-bond acceptors (Lipinski definition) is 5. The zero-order chi connectivity index (χ0) is 15.1. The summed E-state index contributed by atoms with van der Waals surface area (Å²) in [7, 11) is 3.64. The van der Waals surface area contributed by atoms with Gasteiger partial charge in [0.1, 0.15) is 5.75 Å². The second-order valence-corrected chi connectivity index (χ2v) is 4.80. The molecule has 0 aliphatic rings. The lowest BCUT2D eigenvalue weighted by Gasteiger charge is -2.18. The lowest BCUT2D eigenvalue weighted by molar-refractivity contribution is 0.415. The first-order valence-electron chi connectivity index (χ1n) is 7.14. The third kappa shape index (κ3) is 4.16. The normalized spacial score (nSPS) is 10.4. The molecule has 1 aromatic carbocycles. The highest BCUT2D eigenvalue weighted by Crippen LogP contribution is 2.23. The Morgan fingerprint density at radius 3 is 2.62 bits per heavy atom. The van der Waals surface area contributed by atoms with Gasteiger partial charge < -0.3 is 15.0 Å². The van der Waals surface area contributed by atoms with Gasteiger partial charge in [-0.2, -0.15) is 0 Å². The van der Waals surface area contributed by atoms with Gasteiger partial charge in [0.05, 0.1) is 19.0 Å². The average Bonchev–Trinajstić information content (AvgIpc) is 2.55. The minimum absolute atomic E-state index is 0.741. The third-order valence-electron chi connectivity index (χ3n) is 3.21. The van der Waals surface area contributed by atoms with E-state index in [0.29, 0.717) is 0 Å². The van der Waals surface area contributed by atoms with Gasteiger partial charge in [0, 0.05) is 25.5 Å². The van der Waals surface area contributed by atoms with Crippen molar-refractivity contribution in [1.82, 2.24) is 15.3 Å². The average molecular weight is 286 g/mol. The van der Waals surface area contributed by atoms with Gasteiger partial charge in [-0.15, -0.1) is 0 Å². The number of anilines is 2. The van der Waals surface area contributed by atoms with Crippen LogP contribution in [0.2, 0.25) is 0 Å². The van der Waals surface area contributed by atoms with Gasteiger partial charge in [-0.1, -0.05) is 6.92 Å². The Morgan fingerprint density at radius 2 is 1.95 bits per heavy atom. The lowest BCUT2D eigenvalue weighted by atomic mass is 10.3. The summed E-state index contributed by atoms with van der Waals surface area (Å²) >= 11 is 0. The fourth-order valence-electron chi connectivity index (χ4n) is 1.97. The van der Waals surface area contributed by atoms with Crippen molar-refractivity contribution in [3.63, 3.8) is 0 Å². The minimum Gasteiger partial charge on any atom is -0.497 e. The first kappa shape index (κ1) is 15.3. The molecule has 0 bridgehead atoms. The number of benzene rings is 1. The van der Waals surface area contributed by atoms with Crippen LogP contribution in [0.15, 0.2) is 36.7 Å². The SMILES string of the molecule is CCCNCc1cncc(N(C)c2ccc(OC)cc2)n1. The van der Waals surface area contributed by atoms with Crippen molar-refractivity contribution in [2.24, 2.45) is 0 Å². The summed E-state index contributed by atoms with van der Waals surface area (Å²) in [4.78, 5) is 10.9. The Morgan fingerprint density at radius 1 is 1.19 bits per heavy atom. The number of aromatic nitrogens is 2. The summed E-state index contributed by atoms with van der Waals surface area (Å²) in [5.41, 5.74) is 1.99. The first-order chi connectivity index (χ1) is 10.2. The second-order valence-electron chi connectivity index (χ2n) is 4.80. The van der Waals surface area contributed by atoms with Crippen molar-refractivity contribution in [1.29, 1.82) is 0 Å². The van der Waals surface area contributed by atoms with E-state index in [0.717, 1.165) is 42.5 Å². The monoisotopic (exact) mass is 286 g/mol. The van der Waals surface area contributed by atoms with E-state index in [-0.39, 0.29) is 0 Å². The zero-order valence-corrected chi connectivity index (χ0v) is 12.8. The number of nitrogens with one attached hydrogen (secondary N) is 1. The maximum absolute atomic E-state index is 5.17. The number of nitrogens with zero attached hydrogens (tertiary/aromatic N) is 3. The smallest absolute Gasteiger partial charge is 0.151 e. The first-order valence-corrected chi connectivity index (χ1v) is 7.14. The molecule has 0 spiro atoms. The molecular weight excluding hydrogens is 264 g/mol. The van der Waals surface area contributed by atoms with Crippen LogP contribution in [-0.4, -0.2) is 30.7 Å². The van der Waals surface area contributed by atoms with Crippen LogP contribution in [-0.2, 0) is 6.54 Å². The van der Waals surface area contributed by atoms with Crippen LogP contribution in [0, 0.1) is 0 Å².